The molecule has 0 aliphatic rings. The van der Waals surface area contributed by atoms with Gasteiger partial charge in [0.15, 0.2) is 11.5 Å². The van der Waals surface area contributed by atoms with Gasteiger partial charge in [-0.2, -0.15) is 0 Å². The molecular formula is C16H25NO6. The van der Waals surface area contributed by atoms with Gasteiger partial charge in [-0.25, -0.2) is 4.79 Å². The number of aliphatic hydroxyl groups excluding tert-OH is 2. The van der Waals surface area contributed by atoms with E-state index in [4.69, 9.17) is 14.2 Å². The van der Waals surface area contributed by atoms with Gasteiger partial charge < -0.3 is 29.7 Å². The van der Waals surface area contributed by atoms with Crippen molar-refractivity contribution in [1.29, 1.82) is 0 Å². The first-order valence-electron chi connectivity index (χ1n) is 7.23. The fourth-order valence-electron chi connectivity index (χ4n) is 1.87. The number of ether oxygens (including phenoxy) is 3. The normalized spacial score (nSPS) is 13.9. The van der Waals surface area contributed by atoms with Crippen LogP contribution in [0.25, 0.3) is 0 Å². The van der Waals surface area contributed by atoms with Gasteiger partial charge in [0.1, 0.15) is 17.8 Å². The number of amides is 1. The Morgan fingerprint density at radius 2 is 1.78 bits per heavy atom. The van der Waals surface area contributed by atoms with Crippen LogP contribution < -0.4 is 14.8 Å². The minimum atomic E-state index is -1.19. The average Bonchev–Trinajstić information content (AvgIpc) is 2.49. The van der Waals surface area contributed by atoms with Crippen molar-refractivity contribution in [1.82, 2.24) is 5.32 Å². The predicted octanol–water partition coefficient (Wildman–Crippen LogP) is 1.62. The van der Waals surface area contributed by atoms with Gasteiger partial charge in [0.05, 0.1) is 14.2 Å². The molecule has 0 fully saturated rings. The molecule has 0 aliphatic carbocycles. The van der Waals surface area contributed by atoms with E-state index in [-0.39, 0.29) is 6.54 Å². The van der Waals surface area contributed by atoms with Crippen molar-refractivity contribution in [2.75, 3.05) is 20.8 Å². The van der Waals surface area contributed by atoms with Crippen molar-refractivity contribution in [3.63, 3.8) is 0 Å². The lowest BCUT2D eigenvalue weighted by atomic mass is 10.0. The zero-order valence-electron chi connectivity index (χ0n) is 14.1. The number of nitrogens with one attached hydrogen (secondary N) is 1. The van der Waals surface area contributed by atoms with Gasteiger partial charge in [-0.05, 0) is 38.5 Å². The monoisotopic (exact) mass is 327 g/mol. The van der Waals surface area contributed by atoms with Gasteiger partial charge in [-0.3, -0.25) is 0 Å². The first kappa shape index (κ1) is 19.1. The third-order valence-corrected chi connectivity index (χ3v) is 2.97. The minimum Gasteiger partial charge on any atom is -0.493 e. The largest absolute Gasteiger partial charge is 0.493 e. The number of aliphatic hydroxyl groups is 2. The average molecular weight is 327 g/mol. The van der Waals surface area contributed by atoms with Crippen molar-refractivity contribution in [3.8, 4) is 11.5 Å². The van der Waals surface area contributed by atoms with Crippen LogP contribution in [0.1, 0.15) is 32.4 Å². The molecule has 1 aromatic rings. The molecule has 2 atom stereocenters. The standard InChI is InChI=1S/C16H25NO6/c1-16(2,3)23-15(20)17-9-11(18)14(19)10-6-7-12(21-4)13(8-10)22-5/h6-8,11,14,18-19H,9H2,1-5H3,(H,17,20). The zero-order chi connectivity index (χ0) is 17.6. The number of rotatable bonds is 6. The molecule has 0 saturated carbocycles. The summed E-state index contributed by atoms with van der Waals surface area (Å²) in [5.41, 5.74) is -0.182. The van der Waals surface area contributed by atoms with Crippen LogP contribution >= 0.6 is 0 Å². The van der Waals surface area contributed by atoms with E-state index in [1.807, 2.05) is 0 Å². The maximum Gasteiger partial charge on any atom is 0.407 e. The Balaban J connectivity index is 2.66. The molecule has 0 radical (unpaired) electrons. The van der Waals surface area contributed by atoms with E-state index >= 15 is 0 Å². The van der Waals surface area contributed by atoms with Crippen LogP contribution in [0.5, 0.6) is 11.5 Å². The lowest BCUT2D eigenvalue weighted by Gasteiger charge is -2.22. The lowest BCUT2D eigenvalue weighted by Crippen LogP contribution is -2.38. The van der Waals surface area contributed by atoms with Crippen LogP contribution in [0.3, 0.4) is 0 Å². The maximum absolute atomic E-state index is 11.5. The summed E-state index contributed by atoms with van der Waals surface area (Å²) in [6.07, 6.45) is -3.04. The van der Waals surface area contributed by atoms with E-state index in [0.29, 0.717) is 17.1 Å². The Morgan fingerprint density at radius 3 is 2.30 bits per heavy atom. The Bertz CT molecular complexity index is 526. The van der Waals surface area contributed by atoms with E-state index in [9.17, 15) is 15.0 Å². The molecule has 130 valence electrons. The van der Waals surface area contributed by atoms with Crippen LogP contribution in [-0.4, -0.2) is 48.8 Å². The maximum atomic E-state index is 11.5. The van der Waals surface area contributed by atoms with Crippen molar-refractivity contribution >= 4 is 6.09 Å². The van der Waals surface area contributed by atoms with E-state index in [2.05, 4.69) is 5.32 Å². The molecule has 0 heterocycles. The van der Waals surface area contributed by atoms with Crippen LogP contribution in [-0.2, 0) is 4.74 Å². The van der Waals surface area contributed by atoms with Gasteiger partial charge >= 0.3 is 6.09 Å². The number of alkyl carbamates (subject to hydrolysis) is 1. The Morgan fingerprint density at radius 1 is 1.17 bits per heavy atom. The molecule has 0 saturated heterocycles. The number of hydrogen-bond acceptors (Lipinski definition) is 6. The van der Waals surface area contributed by atoms with Crippen LogP contribution in [0, 0.1) is 0 Å². The molecule has 1 rings (SSSR count). The molecule has 1 amide bonds. The fourth-order valence-corrected chi connectivity index (χ4v) is 1.87. The first-order valence-corrected chi connectivity index (χ1v) is 7.23. The summed E-state index contributed by atoms with van der Waals surface area (Å²) < 4.78 is 15.3. The lowest BCUT2D eigenvalue weighted by molar-refractivity contribution is 0.0128. The number of carbonyl (C=O) groups is 1. The summed E-state index contributed by atoms with van der Waals surface area (Å²) in [5.74, 6) is 0.959. The number of carbonyl (C=O) groups excluding carboxylic acids is 1. The van der Waals surface area contributed by atoms with Crippen LogP contribution in [0.15, 0.2) is 18.2 Å². The SMILES string of the molecule is COc1ccc(C(O)C(O)CNC(=O)OC(C)(C)C)cc1OC. The van der Waals surface area contributed by atoms with Gasteiger partial charge in [0, 0.05) is 6.54 Å². The third-order valence-electron chi connectivity index (χ3n) is 2.97. The second kappa shape index (κ2) is 8.03. The van der Waals surface area contributed by atoms with E-state index in [0.717, 1.165) is 0 Å². The van der Waals surface area contributed by atoms with E-state index < -0.39 is 23.9 Å². The summed E-state index contributed by atoms with van der Waals surface area (Å²) in [6, 6.07) is 4.81. The fraction of sp³-hybridized carbons (Fsp3) is 0.562. The summed E-state index contributed by atoms with van der Waals surface area (Å²) in [4.78, 5) is 11.5. The quantitative estimate of drug-likeness (QED) is 0.735. The molecule has 0 aromatic heterocycles. The molecular weight excluding hydrogens is 302 g/mol. The van der Waals surface area contributed by atoms with Gasteiger partial charge in [0.2, 0.25) is 0 Å². The van der Waals surface area contributed by atoms with Gasteiger partial charge in [-0.1, -0.05) is 6.07 Å². The highest BCUT2D eigenvalue weighted by molar-refractivity contribution is 5.67. The third kappa shape index (κ3) is 5.96. The molecule has 3 N–H and O–H groups in total. The minimum absolute atomic E-state index is 0.148. The van der Waals surface area contributed by atoms with Gasteiger partial charge in [-0.15, -0.1) is 0 Å². The molecule has 7 nitrogen and oxygen atoms in total. The summed E-state index contributed by atoms with van der Waals surface area (Å²) in [7, 11) is 2.99. The summed E-state index contributed by atoms with van der Waals surface area (Å²) in [5, 5.41) is 22.6. The molecule has 1 aromatic carbocycles. The zero-order valence-corrected chi connectivity index (χ0v) is 14.1. The van der Waals surface area contributed by atoms with E-state index in [1.54, 1.807) is 39.0 Å². The van der Waals surface area contributed by atoms with Crippen LogP contribution in [0.4, 0.5) is 4.79 Å². The molecule has 0 bridgehead atoms. The topological polar surface area (TPSA) is 97.2 Å². The molecule has 7 heteroatoms. The van der Waals surface area contributed by atoms with Crippen molar-refractivity contribution in [3.05, 3.63) is 23.8 Å². The van der Waals surface area contributed by atoms with E-state index in [1.165, 1.54) is 14.2 Å². The molecule has 0 spiro atoms. The molecule has 2 unspecified atom stereocenters. The van der Waals surface area contributed by atoms with Gasteiger partial charge in [0.25, 0.3) is 0 Å². The number of benzene rings is 1. The smallest absolute Gasteiger partial charge is 0.407 e. The Labute approximate surface area is 136 Å². The number of hydrogen-bond donors (Lipinski definition) is 3. The first-order chi connectivity index (χ1) is 10.7. The van der Waals surface area contributed by atoms with Crippen molar-refractivity contribution < 1.29 is 29.2 Å². The highest BCUT2D eigenvalue weighted by atomic mass is 16.6. The van der Waals surface area contributed by atoms with Crippen molar-refractivity contribution in [2.24, 2.45) is 0 Å². The predicted molar refractivity (Wildman–Crippen MR) is 84.7 cm³/mol. The Kier molecular flexibility index (Phi) is 6.65. The second-order valence-electron chi connectivity index (χ2n) is 6.01. The second-order valence-corrected chi connectivity index (χ2v) is 6.01. The highest BCUT2D eigenvalue weighted by Crippen LogP contribution is 2.30. The highest BCUT2D eigenvalue weighted by Gasteiger charge is 2.22. The Hall–Kier alpha value is -1.99. The van der Waals surface area contributed by atoms with Crippen molar-refractivity contribution in [2.45, 2.75) is 38.6 Å². The summed E-state index contributed by atoms with van der Waals surface area (Å²) in [6.45, 7) is 5.06. The molecule has 0 aliphatic heterocycles. The molecule has 23 heavy (non-hydrogen) atoms. The number of methoxy groups -OCH3 is 2. The van der Waals surface area contributed by atoms with Crippen LogP contribution in [0.2, 0.25) is 0 Å². The summed E-state index contributed by atoms with van der Waals surface area (Å²) >= 11 is 0.